The van der Waals surface area contributed by atoms with Crippen molar-refractivity contribution >= 4 is 17.6 Å². The Morgan fingerprint density at radius 3 is 2.70 bits per heavy atom. The van der Waals surface area contributed by atoms with Gasteiger partial charge in [-0.15, -0.1) is 0 Å². The van der Waals surface area contributed by atoms with Crippen molar-refractivity contribution in [1.29, 1.82) is 0 Å². The fourth-order valence-corrected chi connectivity index (χ4v) is 2.80. The first-order valence-corrected chi connectivity index (χ1v) is 7.21. The second-order valence-corrected chi connectivity index (χ2v) is 5.58. The predicted octanol–water partition coefficient (Wildman–Crippen LogP) is 2.09. The Hall–Kier alpha value is -1.10. The molecule has 1 N–H and O–H groups in total. The van der Waals surface area contributed by atoms with Crippen molar-refractivity contribution in [2.24, 2.45) is 5.92 Å². The van der Waals surface area contributed by atoms with Crippen LogP contribution in [0.2, 0.25) is 5.02 Å². The molecule has 1 aliphatic rings. The van der Waals surface area contributed by atoms with Crippen LogP contribution in [0.1, 0.15) is 18.4 Å². The molecule has 1 saturated heterocycles. The van der Waals surface area contributed by atoms with E-state index in [1.165, 1.54) is 7.11 Å². The topological polar surface area (TPSA) is 49.8 Å². The molecule has 0 amide bonds. The molecular weight excluding hydrogens is 278 g/mol. The van der Waals surface area contributed by atoms with Crippen LogP contribution in [-0.4, -0.2) is 42.3 Å². The van der Waals surface area contributed by atoms with E-state index in [1.54, 1.807) is 0 Å². The summed E-state index contributed by atoms with van der Waals surface area (Å²) in [6.07, 6.45) is 0.587. The molecule has 0 aromatic heterocycles. The summed E-state index contributed by atoms with van der Waals surface area (Å²) in [5.74, 6) is -0.542. The van der Waals surface area contributed by atoms with Gasteiger partial charge in [-0.05, 0) is 43.5 Å². The summed E-state index contributed by atoms with van der Waals surface area (Å²) in [6.45, 7) is 2.51. The SMILES string of the molecule is COC(=O)C(O)C1CCN(Cc2ccccc2Cl)CC1. The number of ether oxygens (including phenoxy) is 1. The van der Waals surface area contributed by atoms with Crippen molar-refractivity contribution in [1.82, 2.24) is 4.90 Å². The maximum Gasteiger partial charge on any atom is 0.334 e. The highest BCUT2D eigenvalue weighted by atomic mass is 35.5. The van der Waals surface area contributed by atoms with Crippen molar-refractivity contribution in [3.05, 3.63) is 34.9 Å². The van der Waals surface area contributed by atoms with E-state index in [1.807, 2.05) is 24.3 Å². The smallest absolute Gasteiger partial charge is 0.334 e. The van der Waals surface area contributed by atoms with E-state index in [2.05, 4.69) is 9.64 Å². The summed E-state index contributed by atoms with van der Waals surface area (Å²) < 4.78 is 4.58. The van der Waals surface area contributed by atoms with E-state index < -0.39 is 12.1 Å². The monoisotopic (exact) mass is 297 g/mol. The molecule has 110 valence electrons. The number of carbonyl (C=O) groups excluding carboxylic acids is 1. The number of rotatable bonds is 4. The number of hydrogen-bond donors (Lipinski definition) is 1. The van der Waals surface area contributed by atoms with Crippen molar-refractivity contribution in [2.75, 3.05) is 20.2 Å². The van der Waals surface area contributed by atoms with Gasteiger partial charge in [0.15, 0.2) is 6.10 Å². The summed E-state index contributed by atoms with van der Waals surface area (Å²) in [5, 5.41) is 10.6. The van der Waals surface area contributed by atoms with E-state index in [0.29, 0.717) is 0 Å². The van der Waals surface area contributed by atoms with Gasteiger partial charge in [0.1, 0.15) is 0 Å². The molecule has 4 nitrogen and oxygen atoms in total. The first-order chi connectivity index (χ1) is 9.61. The summed E-state index contributed by atoms with van der Waals surface area (Å²) in [6, 6.07) is 7.82. The van der Waals surface area contributed by atoms with Crippen molar-refractivity contribution in [3.63, 3.8) is 0 Å². The van der Waals surface area contributed by atoms with Crippen LogP contribution in [0.25, 0.3) is 0 Å². The van der Waals surface area contributed by atoms with Crippen molar-refractivity contribution in [3.8, 4) is 0 Å². The number of carbonyl (C=O) groups is 1. The minimum absolute atomic E-state index is 0.00931. The summed E-state index contributed by atoms with van der Waals surface area (Å²) in [4.78, 5) is 13.6. The van der Waals surface area contributed by atoms with E-state index in [0.717, 1.165) is 43.1 Å². The number of hydrogen-bond acceptors (Lipinski definition) is 4. The molecule has 1 unspecified atom stereocenters. The summed E-state index contributed by atoms with van der Waals surface area (Å²) >= 11 is 6.16. The molecule has 1 fully saturated rings. The maximum absolute atomic E-state index is 11.3. The number of aliphatic hydroxyl groups excluding tert-OH is 1. The molecule has 5 heteroatoms. The normalized spacial score (nSPS) is 18.8. The molecule has 1 aromatic rings. The lowest BCUT2D eigenvalue weighted by molar-refractivity contribution is -0.154. The van der Waals surface area contributed by atoms with Gasteiger partial charge < -0.3 is 9.84 Å². The Labute approximate surface area is 124 Å². The zero-order valence-electron chi connectivity index (χ0n) is 11.6. The molecule has 0 radical (unpaired) electrons. The van der Waals surface area contributed by atoms with Crippen LogP contribution in [0.5, 0.6) is 0 Å². The van der Waals surface area contributed by atoms with Gasteiger partial charge in [-0.25, -0.2) is 4.79 Å². The quantitative estimate of drug-likeness (QED) is 0.865. The molecule has 0 aliphatic carbocycles. The first kappa shape index (κ1) is 15.3. The average Bonchev–Trinajstić information content (AvgIpc) is 2.49. The lowest BCUT2D eigenvalue weighted by Crippen LogP contribution is -2.40. The second kappa shape index (κ2) is 7.07. The molecule has 1 aromatic carbocycles. The van der Waals surface area contributed by atoms with Crippen LogP contribution in [0.15, 0.2) is 24.3 Å². The highest BCUT2D eigenvalue weighted by Crippen LogP contribution is 2.24. The third-order valence-corrected chi connectivity index (χ3v) is 4.24. The number of esters is 1. The molecule has 1 heterocycles. The number of halogens is 1. The molecule has 0 spiro atoms. The van der Waals surface area contributed by atoms with Gasteiger partial charge in [-0.1, -0.05) is 29.8 Å². The van der Waals surface area contributed by atoms with E-state index >= 15 is 0 Å². The highest BCUT2D eigenvalue weighted by Gasteiger charge is 2.30. The molecule has 1 aliphatic heterocycles. The van der Waals surface area contributed by atoms with Gasteiger partial charge in [0.05, 0.1) is 7.11 Å². The lowest BCUT2D eigenvalue weighted by atomic mass is 9.91. The zero-order valence-corrected chi connectivity index (χ0v) is 12.3. The molecule has 20 heavy (non-hydrogen) atoms. The van der Waals surface area contributed by atoms with Gasteiger partial charge >= 0.3 is 5.97 Å². The van der Waals surface area contributed by atoms with E-state index in [4.69, 9.17) is 11.6 Å². The van der Waals surface area contributed by atoms with E-state index in [-0.39, 0.29) is 5.92 Å². The molecule has 2 rings (SSSR count). The second-order valence-electron chi connectivity index (χ2n) is 5.17. The third-order valence-electron chi connectivity index (χ3n) is 3.87. The fourth-order valence-electron chi connectivity index (χ4n) is 2.61. The molecule has 0 bridgehead atoms. The van der Waals surface area contributed by atoms with Crippen LogP contribution in [-0.2, 0) is 16.1 Å². The number of nitrogens with zero attached hydrogens (tertiary/aromatic N) is 1. The van der Waals surface area contributed by atoms with Crippen LogP contribution >= 0.6 is 11.6 Å². The Morgan fingerprint density at radius 1 is 1.45 bits per heavy atom. The lowest BCUT2D eigenvalue weighted by Gasteiger charge is -2.33. The maximum atomic E-state index is 11.3. The van der Waals surface area contributed by atoms with Gasteiger partial charge in [0.25, 0.3) is 0 Å². The minimum Gasteiger partial charge on any atom is -0.467 e. The van der Waals surface area contributed by atoms with E-state index in [9.17, 15) is 9.90 Å². The third kappa shape index (κ3) is 3.72. The fraction of sp³-hybridized carbons (Fsp3) is 0.533. The minimum atomic E-state index is -0.998. The molecule has 1 atom stereocenters. The summed E-state index contributed by atoms with van der Waals surface area (Å²) in [5.41, 5.74) is 1.11. The van der Waals surface area contributed by atoms with Crippen LogP contribution in [0, 0.1) is 5.92 Å². The summed E-state index contributed by atoms with van der Waals surface area (Å²) in [7, 11) is 1.30. The first-order valence-electron chi connectivity index (χ1n) is 6.83. The van der Waals surface area contributed by atoms with Crippen LogP contribution in [0.3, 0.4) is 0 Å². The standard InChI is InChI=1S/C15H20ClNO3/c1-20-15(19)14(18)11-6-8-17(9-7-11)10-12-4-2-3-5-13(12)16/h2-5,11,14,18H,6-10H2,1H3. The predicted molar refractivity (Wildman–Crippen MR) is 77.5 cm³/mol. The Kier molecular flexibility index (Phi) is 5.40. The van der Waals surface area contributed by atoms with Crippen LogP contribution < -0.4 is 0 Å². The Balaban J connectivity index is 1.86. The van der Waals surface area contributed by atoms with Gasteiger partial charge in [-0.2, -0.15) is 0 Å². The number of benzene rings is 1. The van der Waals surface area contributed by atoms with Gasteiger partial charge in [0.2, 0.25) is 0 Å². The highest BCUT2D eigenvalue weighted by molar-refractivity contribution is 6.31. The Morgan fingerprint density at radius 2 is 2.10 bits per heavy atom. The average molecular weight is 298 g/mol. The van der Waals surface area contributed by atoms with Gasteiger partial charge in [-0.3, -0.25) is 4.90 Å². The number of piperidine rings is 1. The molecule has 0 saturated carbocycles. The number of aliphatic hydroxyl groups is 1. The van der Waals surface area contributed by atoms with Crippen molar-refractivity contribution in [2.45, 2.75) is 25.5 Å². The van der Waals surface area contributed by atoms with Crippen LogP contribution in [0.4, 0.5) is 0 Å². The number of methoxy groups -OCH3 is 1. The zero-order chi connectivity index (χ0) is 14.5. The van der Waals surface area contributed by atoms with Gasteiger partial charge in [0, 0.05) is 11.6 Å². The van der Waals surface area contributed by atoms with Crippen molar-refractivity contribution < 1.29 is 14.6 Å². The molecular formula is C15H20ClNO3. The Bertz CT molecular complexity index is 458. The largest absolute Gasteiger partial charge is 0.467 e. The number of likely N-dealkylation sites (tertiary alicyclic amines) is 1.